The van der Waals surface area contributed by atoms with Crippen LogP contribution in [0.4, 0.5) is 0 Å². The molecule has 0 bridgehead atoms. The predicted octanol–water partition coefficient (Wildman–Crippen LogP) is 2.81. The third kappa shape index (κ3) is 6.63. The maximum atomic E-state index is 11.6. The average molecular weight is 308 g/mol. The summed E-state index contributed by atoms with van der Waals surface area (Å²) in [7, 11) is 3.14. The van der Waals surface area contributed by atoms with Crippen molar-refractivity contribution in [2.45, 2.75) is 25.7 Å². The Morgan fingerprint density at radius 1 is 1.09 bits per heavy atom. The van der Waals surface area contributed by atoms with E-state index in [2.05, 4.69) is 0 Å². The van der Waals surface area contributed by atoms with Gasteiger partial charge < -0.3 is 19.3 Å². The van der Waals surface area contributed by atoms with Crippen molar-refractivity contribution < 1.29 is 24.1 Å². The van der Waals surface area contributed by atoms with Crippen LogP contribution < -0.4 is 9.47 Å². The van der Waals surface area contributed by atoms with Crippen molar-refractivity contribution >= 4 is 12.0 Å². The summed E-state index contributed by atoms with van der Waals surface area (Å²) in [5.74, 6) is 0.893. The van der Waals surface area contributed by atoms with E-state index in [0.29, 0.717) is 18.1 Å². The summed E-state index contributed by atoms with van der Waals surface area (Å²) in [5.41, 5.74) is 0.831. The number of carbonyl (C=O) groups excluding carboxylic acids is 1. The third-order valence-corrected chi connectivity index (χ3v) is 3.12. The molecule has 22 heavy (non-hydrogen) atoms. The van der Waals surface area contributed by atoms with Gasteiger partial charge in [0.2, 0.25) is 0 Å². The maximum Gasteiger partial charge on any atom is 0.330 e. The van der Waals surface area contributed by atoms with Crippen LogP contribution in [0.5, 0.6) is 11.5 Å². The molecule has 0 fully saturated rings. The van der Waals surface area contributed by atoms with Gasteiger partial charge in [-0.15, -0.1) is 0 Å². The van der Waals surface area contributed by atoms with Crippen molar-refractivity contribution in [3.63, 3.8) is 0 Å². The molecule has 0 aliphatic heterocycles. The third-order valence-electron chi connectivity index (χ3n) is 3.12. The fourth-order valence-electron chi connectivity index (χ4n) is 1.91. The van der Waals surface area contributed by atoms with Gasteiger partial charge >= 0.3 is 5.97 Å². The van der Waals surface area contributed by atoms with E-state index in [9.17, 15) is 4.79 Å². The zero-order chi connectivity index (χ0) is 16.2. The first kappa shape index (κ1) is 18.0. The van der Waals surface area contributed by atoms with Crippen LogP contribution in [0.1, 0.15) is 31.2 Å². The Hall–Kier alpha value is -2.01. The number of aliphatic hydroxyl groups is 1. The molecular weight excluding hydrogens is 284 g/mol. The van der Waals surface area contributed by atoms with Crippen molar-refractivity contribution in [3.8, 4) is 11.5 Å². The van der Waals surface area contributed by atoms with Crippen molar-refractivity contribution in [2.24, 2.45) is 0 Å². The summed E-state index contributed by atoms with van der Waals surface area (Å²) in [6, 6.07) is 5.41. The molecular formula is C17H24O5. The second kappa shape index (κ2) is 10.7. The molecule has 1 N–H and O–H groups in total. The number of carbonyl (C=O) groups is 1. The monoisotopic (exact) mass is 308 g/mol. The average Bonchev–Trinajstić information content (AvgIpc) is 2.55. The van der Waals surface area contributed by atoms with Crippen molar-refractivity contribution in [1.82, 2.24) is 0 Å². The van der Waals surface area contributed by atoms with Gasteiger partial charge in [-0.25, -0.2) is 4.79 Å². The Morgan fingerprint density at radius 3 is 2.50 bits per heavy atom. The number of benzene rings is 1. The Labute approximate surface area is 131 Å². The van der Waals surface area contributed by atoms with Gasteiger partial charge in [0.25, 0.3) is 0 Å². The second-order valence-electron chi connectivity index (χ2n) is 4.75. The molecule has 1 rings (SSSR count). The molecule has 0 spiro atoms. The SMILES string of the molecule is COc1ccc(C=CC(=O)OCCCCCCO)cc1OC. The number of hydrogen-bond donors (Lipinski definition) is 1. The number of unbranched alkanes of at least 4 members (excludes halogenated alkanes) is 3. The summed E-state index contributed by atoms with van der Waals surface area (Å²) >= 11 is 0. The highest BCUT2D eigenvalue weighted by atomic mass is 16.5. The zero-order valence-corrected chi connectivity index (χ0v) is 13.2. The molecule has 5 nitrogen and oxygen atoms in total. The molecule has 0 aliphatic carbocycles. The number of rotatable bonds is 10. The van der Waals surface area contributed by atoms with E-state index in [-0.39, 0.29) is 12.6 Å². The van der Waals surface area contributed by atoms with Gasteiger partial charge in [0.05, 0.1) is 20.8 Å². The highest BCUT2D eigenvalue weighted by Gasteiger charge is 2.03. The van der Waals surface area contributed by atoms with E-state index < -0.39 is 0 Å². The van der Waals surface area contributed by atoms with E-state index in [1.54, 1.807) is 32.4 Å². The molecule has 0 atom stereocenters. The predicted molar refractivity (Wildman–Crippen MR) is 85.1 cm³/mol. The largest absolute Gasteiger partial charge is 0.493 e. The van der Waals surface area contributed by atoms with Crippen LogP contribution in [-0.4, -0.2) is 38.5 Å². The van der Waals surface area contributed by atoms with E-state index in [1.165, 1.54) is 6.08 Å². The van der Waals surface area contributed by atoms with Gasteiger partial charge in [0.1, 0.15) is 0 Å². The number of esters is 1. The fourth-order valence-corrected chi connectivity index (χ4v) is 1.91. The Morgan fingerprint density at radius 2 is 1.82 bits per heavy atom. The van der Waals surface area contributed by atoms with Gasteiger partial charge in [-0.1, -0.05) is 12.5 Å². The van der Waals surface area contributed by atoms with E-state index in [1.807, 2.05) is 6.07 Å². The second-order valence-corrected chi connectivity index (χ2v) is 4.75. The highest BCUT2D eigenvalue weighted by molar-refractivity contribution is 5.87. The molecule has 1 aromatic rings. The molecule has 122 valence electrons. The van der Waals surface area contributed by atoms with Gasteiger partial charge in [0, 0.05) is 12.7 Å². The lowest BCUT2D eigenvalue weighted by Gasteiger charge is -2.07. The summed E-state index contributed by atoms with van der Waals surface area (Å²) in [6.45, 7) is 0.619. The normalized spacial score (nSPS) is 10.7. The molecule has 0 unspecified atom stereocenters. The van der Waals surface area contributed by atoms with Gasteiger partial charge in [-0.3, -0.25) is 0 Å². The van der Waals surface area contributed by atoms with Crippen LogP contribution in [0.2, 0.25) is 0 Å². The molecule has 5 heteroatoms. The number of hydrogen-bond acceptors (Lipinski definition) is 5. The molecule has 0 saturated heterocycles. The van der Waals surface area contributed by atoms with E-state index >= 15 is 0 Å². The van der Waals surface area contributed by atoms with Crippen LogP contribution in [-0.2, 0) is 9.53 Å². The molecule has 0 aromatic heterocycles. The number of ether oxygens (including phenoxy) is 3. The maximum absolute atomic E-state index is 11.6. The fraction of sp³-hybridized carbons (Fsp3) is 0.471. The first-order valence-corrected chi connectivity index (χ1v) is 7.39. The molecule has 0 amide bonds. The van der Waals surface area contributed by atoms with E-state index in [4.69, 9.17) is 19.3 Å². The minimum Gasteiger partial charge on any atom is -0.493 e. The quantitative estimate of drug-likeness (QED) is 0.409. The lowest BCUT2D eigenvalue weighted by Crippen LogP contribution is -2.02. The van der Waals surface area contributed by atoms with Gasteiger partial charge in [-0.05, 0) is 43.0 Å². The Bertz CT molecular complexity index is 482. The van der Waals surface area contributed by atoms with Crippen molar-refractivity contribution in [2.75, 3.05) is 27.4 Å². The zero-order valence-electron chi connectivity index (χ0n) is 13.2. The lowest BCUT2D eigenvalue weighted by molar-refractivity contribution is -0.137. The minimum atomic E-state index is -0.364. The molecule has 1 aromatic carbocycles. The first-order valence-electron chi connectivity index (χ1n) is 7.39. The lowest BCUT2D eigenvalue weighted by atomic mass is 10.2. The van der Waals surface area contributed by atoms with Crippen LogP contribution in [0.15, 0.2) is 24.3 Å². The summed E-state index contributed by atoms with van der Waals surface area (Å²) in [5, 5.41) is 8.65. The summed E-state index contributed by atoms with van der Waals surface area (Å²) < 4.78 is 15.5. The van der Waals surface area contributed by atoms with Crippen molar-refractivity contribution in [1.29, 1.82) is 0 Å². The molecule has 0 radical (unpaired) electrons. The van der Waals surface area contributed by atoms with Gasteiger partial charge in [-0.2, -0.15) is 0 Å². The summed E-state index contributed by atoms with van der Waals surface area (Å²) in [4.78, 5) is 11.6. The standard InChI is InChI=1S/C17H24O5/c1-20-15-9-7-14(13-16(15)21-2)8-10-17(19)22-12-6-4-3-5-11-18/h7-10,13,18H,3-6,11-12H2,1-2H3. The van der Waals surface area contributed by atoms with Crippen LogP contribution >= 0.6 is 0 Å². The highest BCUT2D eigenvalue weighted by Crippen LogP contribution is 2.27. The van der Waals surface area contributed by atoms with Crippen LogP contribution in [0.25, 0.3) is 6.08 Å². The minimum absolute atomic E-state index is 0.216. The van der Waals surface area contributed by atoms with Crippen LogP contribution in [0, 0.1) is 0 Å². The molecule has 0 saturated carbocycles. The van der Waals surface area contributed by atoms with Crippen molar-refractivity contribution in [3.05, 3.63) is 29.8 Å². The van der Waals surface area contributed by atoms with Crippen LogP contribution in [0.3, 0.4) is 0 Å². The van der Waals surface area contributed by atoms with E-state index in [0.717, 1.165) is 31.2 Å². The Kier molecular flexibility index (Phi) is 8.76. The number of methoxy groups -OCH3 is 2. The Balaban J connectivity index is 2.39. The molecule has 0 aliphatic rings. The summed E-state index contributed by atoms with van der Waals surface area (Å²) in [6.07, 6.45) is 6.59. The first-order chi connectivity index (χ1) is 10.7. The smallest absolute Gasteiger partial charge is 0.330 e. The topological polar surface area (TPSA) is 65.0 Å². The number of aliphatic hydroxyl groups excluding tert-OH is 1. The van der Waals surface area contributed by atoms with Gasteiger partial charge in [0.15, 0.2) is 11.5 Å². The molecule has 0 heterocycles.